The zero-order valence-electron chi connectivity index (χ0n) is 5.00. The molecule has 3 heteroatoms. The van der Waals surface area contributed by atoms with E-state index in [2.05, 4.69) is 26.7 Å². The molecule has 0 saturated heterocycles. The molecule has 0 amide bonds. The Kier molecular flexibility index (Phi) is 23.6. The van der Waals surface area contributed by atoms with Gasteiger partial charge in [-0.3, -0.25) is 4.39 Å². The van der Waals surface area contributed by atoms with Crippen LogP contribution >= 0.6 is 19.8 Å². The summed E-state index contributed by atoms with van der Waals surface area (Å²) in [6, 6.07) is 0. The van der Waals surface area contributed by atoms with Crippen LogP contribution in [0.2, 0.25) is 0 Å². The van der Waals surface area contributed by atoms with Crippen molar-refractivity contribution in [2.45, 2.75) is 19.3 Å². The predicted octanol–water partition coefficient (Wildman–Crippen LogP) is 2.84. The molecule has 0 unspecified atom stereocenters. The summed E-state index contributed by atoms with van der Waals surface area (Å²) in [4.78, 5) is 0. The molecule has 0 radical (unpaired) electrons. The average Bonchev–Trinajstić information content (AvgIpc) is 1.88. The Hall–Kier alpha value is 1.28. The first kappa shape index (κ1) is 12.0. The summed E-state index contributed by atoms with van der Waals surface area (Å²) < 4.78 is 11.2. The Morgan fingerprint density at radius 2 is 1.88 bits per heavy atom. The van der Waals surface area contributed by atoms with Crippen LogP contribution in [0.25, 0.3) is 0 Å². The topological polar surface area (TPSA) is 0 Å². The van der Waals surface area contributed by atoms with Gasteiger partial charge in [-0.1, -0.05) is 6.42 Å². The van der Waals surface area contributed by atoms with Crippen LogP contribution in [0.1, 0.15) is 19.3 Å². The van der Waals surface area contributed by atoms with Gasteiger partial charge in [0.1, 0.15) is 0 Å². The third kappa shape index (κ3) is 15.7. The van der Waals surface area contributed by atoms with Crippen LogP contribution in [0.3, 0.4) is 0 Å². The van der Waals surface area contributed by atoms with Crippen molar-refractivity contribution in [3.8, 4) is 0 Å². The van der Waals surface area contributed by atoms with E-state index in [1.165, 1.54) is 14.8 Å². The molecule has 0 aromatic heterocycles. The molecule has 0 saturated carbocycles. The fourth-order valence-electron chi connectivity index (χ4n) is 0.271. The maximum absolute atomic E-state index is 11.2. The van der Waals surface area contributed by atoms with E-state index in [1.807, 2.05) is 0 Å². The van der Waals surface area contributed by atoms with Crippen molar-refractivity contribution in [3.05, 3.63) is 6.92 Å². The number of hydrogen-bond donors (Lipinski definition) is 0. The number of alkyl halides is 1. The summed E-state index contributed by atoms with van der Waals surface area (Å²) in [7, 11) is 0. The number of halogens is 2. The Labute approximate surface area is 71.5 Å². The zero-order chi connectivity index (χ0) is 6.83. The van der Waals surface area contributed by atoms with E-state index in [-0.39, 0.29) is 6.67 Å². The van der Waals surface area contributed by atoms with Gasteiger partial charge < -0.3 is 6.92 Å². The average molecular weight is 281 g/mol. The second-order valence-corrected chi connectivity index (χ2v) is 1.25. The van der Waals surface area contributed by atoms with Crippen LogP contribution in [0.15, 0.2) is 0 Å². The van der Waals surface area contributed by atoms with Gasteiger partial charge in [-0.2, -0.15) is 6.42 Å². The van der Waals surface area contributed by atoms with Crippen molar-refractivity contribution in [3.63, 3.8) is 0 Å². The molecule has 0 aliphatic heterocycles. The van der Waals surface area contributed by atoms with Gasteiger partial charge in [-0.05, 0) is 6.42 Å². The van der Waals surface area contributed by atoms with E-state index < -0.39 is 0 Å². The fraction of sp³-hybridized carbons (Fsp3) is 0.800. The molecule has 0 aromatic carbocycles. The quantitative estimate of drug-likeness (QED) is 0.323. The van der Waals surface area contributed by atoms with Gasteiger partial charge in [0.2, 0.25) is 0 Å². The molecule has 0 aliphatic rings. The summed E-state index contributed by atoms with van der Waals surface area (Å²) >= 11 is 3.62. The Bertz CT molecular complexity index is 24.4. The van der Waals surface area contributed by atoms with Crippen LogP contribution < -0.4 is 0 Å². The maximum atomic E-state index is 11.2. The minimum absolute atomic E-state index is 0.185. The van der Waals surface area contributed by atoms with E-state index in [0.717, 1.165) is 12.8 Å². The standard InChI is InChI=1S/C5H10F.HI.Zn/c1-2-3-4-5-6;;/h1-5H2;1H;/q-1;;+2/p-1. The summed E-state index contributed by atoms with van der Waals surface area (Å²) in [5, 5.41) is 0. The third-order valence-corrected chi connectivity index (χ3v) is 0.634. The van der Waals surface area contributed by atoms with Crippen LogP contribution in [0.5, 0.6) is 0 Å². The monoisotopic (exact) mass is 280 g/mol. The number of rotatable bonds is 3. The van der Waals surface area contributed by atoms with E-state index in [4.69, 9.17) is 0 Å². The molecular weight excluding hydrogens is 271 g/mol. The zero-order valence-corrected chi connectivity index (χ0v) is 10.1. The van der Waals surface area contributed by atoms with Crippen molar-refractivity contribution in [2.24, 2.45) is 0 Å². The first-order chi connectivity index (χ1) is 3.91. The molecule has 8 heavy (non-hydrogen) atoms. The molecule has 0 aliphatic carbocycles. The molecule has 46 valence electrons. The molecule has 0 atom stereocenters. The SMILES string of the molecule is [CH2-]CCCCF.[Zn+][I]. The van der Waals surface area contributed by atoms with Crippen LogP contribution in [-0.2, 0) is 14.8 Å². The molecule has 0 N–H and O–H groups in total. The molecule has 0 bridgehead atoms. The summed E-state index contributed by atoms with van der Waals surface area (Å²) in [5.41, 5.74) is 0. The molecule has 0 nitrogen and oxygen atoms in total. The van der Waals surface area contributed by atoms with Crippen molar-refractivity contribution < 1.29 is 19.2 Å². The summed E-state index contributed by atoms with van der Waals surface area (Å²) in [5.74, 6) is 0. The fourth-order valence-corrected chi connectivity index (χ4v) is 0.271. The summed E-state index contributed by atoms with van der Waals surface area (Å²) in [6.45, 7) is 3.37. The van der Waals surface area contributed by atoms with Crippen LogP contribution in [0.4, 0.5) is 4.39 Å². The van der Waals surface area contributed by atoms with Gasteiger partial charge in [0, 0.05) is 0 Å². The van der Waals surface area contributed by atoms with Gasteiger partial charge >= 0.3 is 34.5 Å². The molecule has 0 heterocycles. The molecular formula is C5H10FIZn. The molecule has 0 spiro atoms. The van der Waals surface area contributed by atoms with Crippen molar-refractivity contribution in [1.29, 1.82) is 0 Å². The molecule has 0 rings (SSSR count). The van der Waals surface area contributed by atoms with Gasteiger partial charge in [0.25, 0.3) is 0 Å². The van der Waals surface area contributed by atoms with Crippen molar-refractivity contribution in [2.75, 3.05) is 6.67 Å². The Balaban J connectivity index is 0. The predicted molar refractivity (Wildman–Crippen MR) is 39.2 cm³/mol. The van der Waals surface area contributed by atoms with E-state index >= 15 is 0 Å². The Morgan fingerprint density at radius 1 is 1.38 bits per heavy atom. The van der Waals surface area contributed by atoms with Crippen LogP contribution in [-0.4, -0.2) is 6.67 Å². The molecule has 0 fully saturated rings. The number of hydrogen-bond acceptors (Lipinski definition) is 0. The van der Waals surface area contributed by atoms with Gasteiger partial charge in [0.15, 0.2) is 0 Å². The van der Waals surface area contributed by atoms with Crippen molar-refractivity contribution in [1.82, 2.24) is 0 Å². The van der Waals surface area contributed by atoms with E-state index in [9.17, 15) is 4.39 Å². The van der Waals surface area contributed by atoms with Gasteiger partial charge in [0.05, 0.1) is 6.67 Å². The Morgan fingerprint density at radius 3 is 2.00 bits per heavy atom. The number of unbranched alkanes of at least 4 members (excludes halogenated alkanes) is 2. The van der Waals surface area contributed by atoms with E-state index in [0.29, 0.717) is 6.42 Å². The first-order valence-corrected chi connectivity index (χ1v) is 11.6. The van der Waals surface area contributed by atoms with E-state index in [1.54, 1.807) is 0 Å². The normalized spacial score (nSPS) is 7.62. The van der Waals surface area contributed by atoms with Gasteiger partial charge in [-0.15, -0.1) is 0 Å². The third-order valence-electron chi connectivity index (χ3n) is 0.634. The molecule has 0 aromatic rings. The van der Waals surface area contributed by atoms with Crippen molar-refractivity contribution >= 4 is 19.8 Å². The summed E-state index contributed by atoms with van der Waals surface area (Å²) in [6.07, 6.45) is 2.48. The first-order valence-electron chi connectivity index (χ1n) is 2.53. The van der Waals surface area contributed by atoms with Crippen LogP contribution in [0, 0.1) is 6.92 Å². The second kappa shape index (κ2) is 15.7. The second-order valence-electron chi connectivity index (χ2n) is 1.25. The minimum atomic E-state index is -0.185. The van der Waals surface area contributed by atoms with Gasteiger partial charge in [-0.25, -0.2) is 0 Å².